The number of hydrogen-bond acceptors (Lipinski definition) is 3. The van der Waals surface area contributed by atoms with Crippen molar-refractivity contribution in [2.45, 2.75) is 26.4 Å². The first-order valence-electron chi connectivity index (χ1n) is 6.17. The van der Waals surface area contributed by atoms with Crippen molar-refractivity contribution in [1.29, 1.82) is 0 Å². The van der Waals surface area contributed by atoms with E-state index in [1.54, 1.807) is 0 Å². The van der Waals surface area contributed by atoms with E-state index in [1.165, 1.54) is 0 Å². The Balaban J connectivity index is 2.06. The molecule has 96 valence electrons. The average molecular weight is 244 g/mol. The minimum Gasteiger partial charge on any atom is -0.399 e. The predicted octanol–water partition coefficient (Wildman–Crippen LogP) is 2.68. The van der Waals surface area contributed by atoms with Crippen molar-refractivity contribution >= 4 is 11.4 Å². The van der Waals surface area contributed by atoms with Gasteiger partial charge in [0.2, 0.25) is 0 Å². The van der Waals surface area contributed by atoms with Gasteiger partial charge >= 0.3 is 0 Å². The molecule has 0 aliphatic rings. The standard InChI is InChI=1S/C14H20N4/c1-11(2)18-9-8-13(16-18)10-17(3)14-6-4-12(15)5-7-14/h4-9,11H,10,15H2,1-3H3. The van der Waals surface area contributed by atoms with Crippen LogP contribution in [0.5, 0.6) is 0 Å². The van der Waals surface area contributed by atoms with E-state index in [1.807, 2.05) is 35.1 Å². The third-order valence-corrected chi connectivity index (χ3v) is 2.93. The first kappa shape index (κ1) is 12.5. The van der Waals surface area contributed by atoms with Crippen molar-refractivity contribution in [3.63, 3.8) is 0 Å². The summed E-state index contributed by atoms with van der Waals surface area (Å²) in [7, 11) is 2.06. The largest absolute Gasteiger partial charge is 0.399 e. The van der Waals surface area contributed by atoms with Crippen LogP contribution in [0.3, 0.4) is 0 Å². The number of nitrogen functional groups attached to an aromatic ring is 1. The Morgan fingerprint density at radius 3 is 2.44 bits per heavy atom. The number of nitrogens with two attached hydrogens (primary N) is 1. The van der Waals surface area contributed by atoms with Crippen LogP contribution in [0.25, 0.3) is 0 Å². The van der Waals surface area contributed by atoms with E-state index in [4.69, 9.17) is 5.73 Å². The molecular weight excluding hydrogens is 224 g/mol. The van der Waals surface area contributed by atoms with Crippen LogP contribution in [0.1, 0.15) is 25.6 Å². The second-order valence-electron chi connectivity index (χ2n) is 4.83. The van der Waals surface area contributed by atoms with Crippen LogP contribution in [0, 0.1) is 0 Å². The SMILES string of the molecule is CC(C)n1ccc(CN(C)c2ccc(N)cc2)n1. The number of nitrogens with zero attached hydrogens (tertiary/aromatic N) is 3. The van der Waals surface area contributed by atoms with Crippen molar-refractivity contribution < 1.29 is 0 Å². The van der Waals surface area contributed by atoms with Crippen molar-refractivity contribution in [2.24, 2.45) is 0 Å². The Kier molecular flexibility index (Phi) is 3.55. The van der Waals surface area contributed by atoms with Crippen molar-refractivity contribution in [2.75, 3.05) is 17.7 Å². The molecular formula is C14H20N4. The molecule has 0 aliphatic heterocycles. The molecule has 0 atom stereocenters. The second-order valence-corrected chi connectivity index (χ2v) is 4.83. The Morgan fingerprint density at radius 2 is 1.89 bits per heavy atom. The van der Waals surface area contributed by atoms with Gasteiger partial charge in [-0.05, 0) is 44.2 Å². The lowest BCUT2D eigenvalue weighted by atomic mass is 10.2. The van der Waals surface area contributed by atoms with E-state index in [0.29, 0.717) is 6.04 Å². The fraction of sp³-hybridized carbons (Fsp3) is 0.357. The van der Waals surface area contributed by atoms with Gasteiger partial charge in [-0.15, -0.1) is 0 Å². The molecule has 0 bridgehead atoms. The molecule has 4 nitrogen and oxygen atoms in total. The lowest BCUT2D eigenvalue weighted by Crippen LogP contribution is -2.17. The zero-order valence-corrected chi connectivity index (χ0v) is 11.2. The van der Waals surface area contributed by atoms with Gasteiger partial charge in [-0.3, -0.25) is 4.68 Å². The molecule has 2 N–H and O–H groups in total. The van der Waals surface area contributed by atoms with Gasteiger partial charge < -0.3 is 10.6 Å². The fourth-order valence-corrected chi connectivity index (χ4v) is 1.81. The van der Waals surface area contributed by atoms with E-state index in [9.17, 15) is 0 Å². The number of anilines is 2. The molecule has 1 aromatic carbocycles. The Morgan fingerprint density at radius 1 is 1.22 bits per heavy atom. The topological polar surface area (TPSA) is 47.1 Å². The van der Waals surface area contributed by atoms with Gasteiger partial charge in [0.05, 0.1) is 12.2 Å². The van der Waals surface area contributed by atoms with Crippen LogP contribution in [-0.2, 0) is 6.54 Å². The molecule has 2 rings (SSSR count). The summed E-state index contributed by atoms with van der Waals surface area (Å²) in [6.07, 6.45) is 2.02. The smallest absolute Gasteiger partial charge is 0.0817 e. The summed E-state index contributed by atoms with van der Waals surface area (Å²) >= 11 is 0. The zero-order chi connectivity index (χ0) is 13.1. The van der Waals surface area contributed by atoms with Gasteiger partial charge in [0.25, 0.3) is 0 Å². The second kappa shape index (κ2) is 5.12. The van der Waals surface area contributed by atoms with Crippen LogP contribution in [0.15, 0.2) is 36.5 Å². The first-order chi connectivity index (χ1) is 8.56. The summed E-state index contributed by atoms with van der Waals surface area (Å²) in [6, 6.07) is 10.3. The molecule has 0 unspecified atom stereocenters. The summed E-state index contributed by atoms with van der Waals surface area (Å²) in [5.74, 6) is 0. The summed E-state index contributed by atoms with van der Waals surface area (Å²) in [6.45, 7) is 5.05. The van der Waals surface area contributed by atoms with Gasteiger partial charge in [-0.1, -0.05) is 0 Å². The molecule has 1 heterocycles. The van der Waals surface area contributed by atoms with Gasteiger partial charge in [0.1, 0.15) is 0 Å². The fourth-order valence-electron chi connectivity index (χ4n) is 1.81. The Hall–Kier alpha value is -1.97. The van der Waals surface area contributed by atoms with E-state index >= 15 is 0 Å². The quantitative estimate of drug-likeness (QED) is 0.841. The number of rotatable bonds is 4. The highest BCUT2D eigenvalue weighted by atomic mass is 15.3. The molecule has 0 saturated heterocycles. The molecule has 2 aromatic rings. The minimum atomic E-state index is 0.403. The summed E-state index contributed by atoms with van der Waals surface area (Å²) < 4.78 is 1.98. The lowest BCUT2D eigenvalue weighted by molar-refractivity contribution is 0.526. The minimum absolute atomic E-state index is 0.403. The van der Waals surface area contributed by atoms with Gasteiger partial charge in [-0.25, -0.2) is 0 Å². The Labute approximate surface area is 108 Å². The van der Waals surface area contributed by atoms with Gasteiger partial charge in [0, 0.05) is 30.7 Å². The number of hydrogen-bond donors (Lipinski definition) is 1. The van der Waals surface area contributed by atoms with E-state index < -0.39 is 0 Å². The first-order valence-corrected chi connectivity index (χ1v) is 6.17. The van der Waals surface area contributed by atoms with Crippen molar-refractivity contribution in [3.05, 3.63) is 42.2 Å². The Bertz CT molecular complexity index is 499. The third-order valence-electron chi connectivity index (χ3n) is 2.93. The monoisotopic (exact) mass is 244 g/mol. The van der Waals surface area contributed by atoms with E-state index in [2.05, 4.69) is 37.0 Å². The normalized spacial score (nSPS) is 10.9. The summed E-state index contributed by atoms with van der Waals surface area (Å²) in [5.41, 5.74) is 8.68. The van der Waals surface area contributed by atoms with Crippen molar-refractivity contribution in [3.8, 4) is 0 Å². The van der Waals surface area contributed by atoms with Gasteiger partial charge in [-0.2, -0.15) is 5.10 Å². The predicted molar refractivity (Wildman–Crippen MR) is 75.6 cm³/mol. The third kappa shape index (κ3) is 2.83. The van der Waals surface area contributed by atoms with Crippen LogP contribution >= 0.6 is 0 Å². The molecule has 4 heteroatoms. The van der Waals surface area contributed by atoms with Crippen LogP contribution in [-0.4, -0.2) is 16.8 Å². The van der Waals surface area contributed by atoms with Crippen LogP contribution in [0.4, 0.5) is 11.4 Å². The van der Waals surface area contributed by atoms with Crippen LogP contribution < -0.4 is 10.6 Å². The maximum absolute atomic E-state index is 5.68. The van der Waals surface area contributed by atoms with E-state index in [-0.39, 0.29) is 0 Å². The molecule has 1 aromatic heterocycles. The number of aromatic nitrogens is 2. The average Bonchev–Trinajstić information content (AvgIpc) is 2.78. The van der Waals surface area contributed by atoms with Crippen LogP contribution in [0.2, 0.25) is 0 Å². The van der Waals surface area contributed by atoms with Gasteiger partial charge in [0.15, 0.2) is 0 Å². The highest BCUT2D eigenvalue weighted by molar-refractivity contribution is 5.52. The maximum Gasteiger partial charge on any atom is 0.0817 e. The zero-order valence-electron chi connectivity index (χ0n) is 11.2. The van der Waals surface area contributed by atoms with Crippen molar-refractivity contribution in [1.82, 2.24) is 9.78 Å². The number of benzene rings is 1. The molecule has 18 heavy (non-hydrogen) atoms. The molecule has 0 amide bonds. The molecule has 0 saturated carbocycles. The van der Waals surface area contributed by atoms with E-state index in [0.717, 1.165) is 23.6 Å². The molecule has 0 spiro atoms. The summed E-state index contributed by atoms with van der Waals surface area (Å²) in [5, 5.41) is 4.54. The molecule has 0 aliphatic carbocycles. The molecule has 0 fully saturated rings. The molecule has 0 radical (unpaired) electrons. The summed E-state index contributed by atoms with van der Waals surface area (Å²) in [4.78, 5) is 2.16. The highest BCUT2D eigenvalue weighted by Crippen LogP contribution is 2.17. The lowest BCUT2D eigenvalue weighted by Gasteiger charge is -2.18. The highest BCUT2D eigenvalue weighted by Gasteiger charge is 2.06. The maximum atomic E-state index is 5.68.